The molecule has 0 fully saturated rings. The summed E-state index contributed by atoms with van der Waals surface area (Å²) in [5, 5.41) is 9.05. The lowest BCUT2D eigenvalue weighted by molar-refractivity contribution is 0.274. The number of thioether (sulfide) groups is 1. The van der Waals surface area contributed by atoms with Gasteiger partial charge in [-0.25, -0.2) is 17.5 Å². The molecule has 0 aliphatic carbocycles. The molecule has 0 saturated carbocycles. The number of benzene rings is 1. The SMILES string of the molecule is CCSCC(C)NS(=O)(=O)c1cc(Br)cc(CO)c1F. The first-order valence-corrected chi connectivity index (χ1v) is 9.43. The van der Waals surface area contributed by atoms with Crippen LogP contribution in [-0.4, -0.2) is 31.1 Å². The number of hydrogen-bond donors (Lipinski definition) is 2. The Bertz CT molecular complexity index is 566. The van der Waals surface area contributed by atoms with Crippen molar-refractivity contribution >= 4 is 37.7 Å². The largest absolute Gasteiger partial charge is 0.392 e. The summed E-state index contributed by atoms with van der Waals surface area (Å²) < 4.78 is 41.3. The lowest BCUT2D eigenvalue weighted by Crippen LogP contribution is -2.35. The molecular formula is C12H17BrFNO3S2. The molecule has 0 spiro atoms. The number of aliphatic hydroxyl groups excluding tert-OH is 1. The summed E-state index contributed by atoms with van der Waals surface area (Å²) >= 11 is 4.71. The predicted octanol–water partition coefficient (Wildman–Crippen LogP) is 2.50. The zero-order valence-electron chi connectivity index (χ0n) is 11.2. The van der Waals surface area contributed by atoms with Crippen LogP contribution < -0.4 is 4.72 Å². The van der Waals surface area contributed by atoms with Gasteiger partial charge in [0.15, 0.2) is 0 Å². The van der Waals surface area contributed by atoms with Gasteiger partial charge in [-0.2, -0.15) is 11.8 Å². The maximum absolute atomic E-state index is 14.0. The number of hydrogen-bond acceptors (Lipinski definition) is 4. The predicted molar refractivity (Wildman–Crippen MR) is 82.8 cm³/mol. The van der Waals surface area contributed by atoms with Crippen LogP contribution in [0.3, 0.4) is 0 Å². The smallest absolute Gasteiger partial charge is 0.243 e. The molecule has 1 atom stereocenters. The third kappa shape index (κ3) is 4.70. The van der Waals surface area contributed by atoms with Gasteiger partial charge in [0, 0.05) is 21.8 Å². The van der Waals surface area contributed by atoms with E-state index >= 15 is 0 Å². The van der Waals surface area contributed by atoms with Crippen LogP contribution in [0.15, 0.2) is 21.5 Å². The van der Waals surface area contributed by atoms with Gasteiger partial charge < -0.3 is 5.11 Å². The van der Waals surface area contributed by atoms with Gasteiger partial charge in [-0.1, -0.05) is 22.9 Å². The van der Waals surface area contributed by atoms with Crippen LogP contribution in [0.5, 0.6) is 0 Å². The van der Waals surface area contributed by atoms with Crippen LogP contribution in [0.25, 0.3) is 0 Å². The van der Waals surface area contributed by atoms with E-state index in [1.807, 2.05) is 6.92 Å². The zero-order valence-corrected chi connectivity index (χ0v) is 14.4. The maximum atomic E-state index is 14.0. The molecule has 8 heteroatoms. The molecular weight excluding hydrogens is 369 g/mol. The average Bonchev–Trinajstić information content (AvgIpc) is 2.37. The molecule has 1 rings (SSSR count). The molecule has 2 N–H and O–H groups in total. The Labute approximate surface area is 131 Å². The Morgan fingerprint density at radius 2 is 2.15 bits per heavy atom. The normalized spacial score (nSPS) is 13.4. The summed E-state index contributed by atoms with van der Waals surface area (Å²) in [6, 6.07) is 2.24. The number of nitrogens with one attached hydrogen (secondary N) is 1. The van der Waals surface area contributed by atoms with Crippen molar-refractivity contribution in [3.8, 4) is 0 Å². The van der Waals surface area contributed by atoms with E-state index in [4.69, 9.17) is 5.11 Å². The van der Waals surface area contributed by atoms with Crippen LogP contribution in [0, 0.1) is 5.82 Å². The van der Waals surface area contributed by atoms with Crippen molar-refractivity contribution in [2.75, 3.05) is 11.5 Å². The Balaban J connectivity index is 3.06. The molecule has 0 amide bonds. The van der Waals surface area contributed by atoms with Gasteiger partial charge in [0.25, 0.3) is 0 Å². The molecule has 0 saturated heterocycles. The van der Waals surface area contributed by atoms with Gasteiger partial charge in [-0.05, 0) is 24.8 Å². The zero-order chi connectivity index (χ0) is 15.3. The fourth-order valence-electron chi connectivity index (χ4n) is 1.59. The van der Waals surface area contributed by atoms with Crippen LogP contribution in [0.1, 0.15) is 19.4 Å². The molecule has 1 unspecified atom stereocenters. The average molecular weight is 386 g/mol. The lowest BCUT2D eigenvalue weighted by atomic mass is 10.2. The van der Waals surface area contributed by atoms with E-state index < -0.39 is 27.3 Å². The van der Waals surface area contributed by atoms with Crippen molar-refractivity contribution in [1.82, 2.24) is 4.72 Å². The standard InChI is InChI=1S/C12H17BrFNO3S2/c1-3-19-7-8(2)15-20(17,18)11-5-10(13)4-9(6-16)12(11)14/h4-5,8,15-16H,3,6-7H2,1-2H3. The second-order valence-electron chi connectivity index (χ2n) is 4.22. The molecule has 0 bridgehead atoms. The molecule has 1 aromatic rings. The molecule has 0 aromatic heterocycles. The van der Waals surface area contributed by atoms with E-state index in [1.165, 1.54) is 12.1 Å². The Kier molecular flexibility index (Phi) is 6.93. The maximum Gasteiger partial charge on any atom is 0.243 e. The number of rotatable bonds is 7. The van der Waals surface area contributed by atoms with Crippen molar-refractivity contribution in [3.63, 3.8) is 0 Å². The summed E-state index contributed by atoms with van der Waals surface area (Å²) in [5.41, 5.74) is -0.0599. The minimum atomic E-state index is -3.96. The van der Waals surface area contributed by atoms with E-state index in [0.717, 1.165) is 5.75 Å². The van der Waals surface area contributed by atoms with Crippen molar-refractivity contribution in [2.24, 2.45) is 0 Å². The topological polar surface area (TPSA) is 66.4 Å². The van der Waals surface area contributed by atoms with Crippen LogP contribution in [0.2, 0.25) is 0 Å². The van der Waals surface area contributed by atoms with Gasteiger partial charge in [-0.3, -0.25) is 0 Å². The Morgan fingerprint density at radius 1 is 1.50 bits per heavy atom. The van der Waals surface area contributed by atoms with E-state index in [0.29, 0.717) is 10.2 Å². The second-order valence-corrected chi connectivity index (χ2v) is 8.13. The molecule has 0 heterocycles. The highest BCUT2D eigenvalue weighted by Crippen LogP contribution is 2.24. The Morgan fingerprint density at radius 3 is 2.70 bits per heavy atom. The van der Waals surface area contributed by atoms with E-state index in [9.17, 15) is 12.8 Å². The fraction of sp³-hybridized carbons (Fsp3) is 0.500. The molecule has 20 heavy (non-hydrogen) atoms. The van der Waals surface area contributed by atoms with Gasteiger partial charge in [-0.15, -0.1) is 0 Å². The second kappa shape index (κ2) is 7.74. The van der Waals surface area contributed by atoms with Crippen LogP contribution >= 0.6 is 27.7 Å². The van der Waals surface area contributed by atoms with Crippen molar-refractivity contribution in [2.45, 2.75) is 31.4 Å². The first-order valence-electron chi connectivity index (χ1n) is 6.00. The van der Waals surface area contributed by atoms with Crippen LogP contribution in [0.4, 0.5) is 4.39 Å². The number of sulfonamides is 1. The fourth-order valence-corrected chi connectivity index (χ4v) is 4.41. The number of halogens is 2. The molecule has 0 radical (unpaired) electrons. The van der Waals surface area contributed by atoms with Crippen molar-refractivity contribution in [3.05, 3.63) is 28.0 Å². The summed E-state index contributed by atoms with van der Waals surface area (Å²) in [6.07, 6.45) is 0. The summed E-state index contributed by atoms with van der Waals surface area (Å²) in [5.74, 6) is 0.572. The number of aliphatic hydroxyl groups is 1. The minimum Gasteiger partial charge on any atom is -0.392 e. The highest BCUT2D eigenvalue weighted by Gasteiger charge is 2.23. The molecule has 1 aromatic carbocycles. The van der Waals surface area contributed by atoms with Crippen molar-refractivity contribution in [1.29, 1.82) is 0 Å². The van der Waals surface area contributed by atoms with Gasteiger partial charge in [0.05, 0.1) is 6.61 Å². The Hall–Kier alpha value is -0.150. The highest BCUT2D eigenvalue weighted by molar-refractivity contribution is 9.10. The quantitative estimate of drug-likeness (QED) is 0.756. The molecule has 4 nitrogen and oxygen atoms in total. The lowest BCUT2D eigenvalue weighted by Gasteiger charge is -2.15. The molecule has 114 valence electrons. The summed E-state index contributed by atoms with van der Waals surface area (Å²) in [6.45, 7) is 3.14. The van der Waals surface area contributed by atoms with Gasteiger partial charge in [0.2, 0.25) is 10.0 Å². The van der Waals surface area contributed by atoms with Crippen molar-refractivity contribution < 1.29 is 17.9 Å². The summed E-state index contributed by atoms with van der Waals surface area (Å²) in [7, 11) is -3.96. The third-order valence-corrected chi connectivity index (χ3v) is 5.66. The van der Waals surface area contributed by atoms with E-state index in [-0.39, 0.29) is 11.6 Å². The highest BCUT2D eigenvalue weighted by atomic mass is 79.9. The van der Waals surface area contributed by atoms with Gasteiger partial charge in [0.1, 0.15) is 10.7 Å². The molecule has 0 aliphatic rings. The summed E-state index contributed by atoms with van der Waals surface area (Å²) in [4.78, 5) is -0.454. The monoisotopic (exact) mass is 385 g/mol. The first kappa shape index (κ1) is 17.9. The molecule has 0 aliphatic heterocycles. The van der Waals surface area contributed by atoms with Crippen LogP contribution in [-0.2, 0) is 16.6 Å². The van der Waals surface area contributed by atoms with E-state index in [2.05, 4.69) is 20.7 Å². The first-order chi connectivity index (χ1) is 9.31. The third-order valence-electron chi connectivity index (χ3n) is 2.47. The van der Waals surface area contributed by atoms with Gasteiger partial charge >= 0.3 is 0 Å². The minimum absolute atomic E-state index is 0.0599. The van der Waals surface area contributed by atoms with E-state index in [1.54, 1.807) is 18.7 Å².